The van der Waals surface area contributed by atoms with Gasteiger partial charge in [0.2, 0.25) is 0 Å². The average Bonchev–Trinajstić information content (AvgIpc) is 2.51. The normalized spacial score (nSPS) is 12.0. The molecule has 0 N–H and O–H groups in total. The molecule has 0 saturated heterocycles. The van der Waals surface area contributed by atoms with Gasteiger partial charge in [0.25, 0.3) is 0 Å². The number of ketones is 1. The van der Waals surface area contributed by atoms with Gasteiger partial charge in [-0.05, 0) is 43.0 Å². The van der Waals surface area contributed by atoms with Crippen molar-refractivity contribution in [2.45, 2.75) is 33.1 Å². The maximum absolute atomic E-state index is 12.9. The van der Waals surface area contributed by atoms with E-state index >= 15 is 0 Å². The summed E-state index contributed by atoms with van der Waals surface area (Å²) in [6.07, 6.45) is 0.777. The van der Waals surface area contributed by atoms with Crippen molar-refractivity contribution in [1.82, 2.24) is 0 Å². The Morgan fingerprint density at radius 1 is 1.10 bits per heavy atom. The van der Waals surface area contributed by atoms with Crippen molar-refractivity contribution in [2.24, 2.45) is 0 Å². The van der Waals surface area contributed by atoms with E-state index in [1.165, 1.54) is 0 Å². The second kappa shape index (κ2) is 6.57. The lowest BCUT2D eigenvalue weighted by Crippen LogP contribution is -2.14. The van der Waals surface area contributed by atoms with Crippen LogP contribution >= 0.6 is 0 Å². The van der Waals surface area contributed by atoms with Gasteiger partial charge >= 0.3 is 0 Å². The third kappa shape index (κ3) is 2.99. The second-order valence-corrected chi connectivity index (χ2v) is 5.32. The number of hydrogen-bond donors (Lipinski definition) is 0. The van der Waals surface area contributed by atoms with Crippen molar-refractivity contribution < 1.29 is 9.53 Å². The maximum atomic E-state index is 12.9. The monoisotopic (exact) mass is 282 g/mol. The van der Waals surface area contributed by atoms with E-state index in [2.05, 4.69) is 0 Å². The van der Waals surface area contributed by atoms with Gasteiger partial charge in [0.05, 0.1) is 12.7 Å². The van der Waals surface area contributed by atoms with Crippen LogP contribution in [0.5, 0.6) is 5.75 Å². The van der Waals surface area contributed by atoms with Gasteiger partial charge in [-0.15, -0.1) is 0 Å². The first kappa shape index (κ1) is 15.3. The highest BCUT2D eigenvalue weighted by molar-refractivity contribution is 6.03. The molecule has 0 heterocycles. The number of methoxy groups -OCH3 is 1. The van der Waals surface area contributed by atoms with Crippen molar-refractivity contribution in [3.05, 3.63) is 64.7 Å². The van der Waals surface area contributed by atoms with E-state index < -0.39 is 0 Å². The minimum Gasteiger partial charge on any atom is -0.496 e. The largest absolute Gasteiger partial charge is 0.496 e. The van der Waals surface area contributed by atoms with E-state index in [4.69, 9.17) is 4.74 Å². The summed E-state index contributed by atoms with van der Waals surface area (Å²) < 4.78 is 5.49. The van der Waals surface area contributed by atoms with Crippen LogP contribution in [0.15, 0.2) is 42.5 Å². The Bertz CT molecular complexity index is 630. The van der Waals surface area contributed by atoms with E-state index in [1.54, 1.807) is 7.11 Å². The lowest BCUT2D eigenvalue weighted by molar-refractivity contribution is 0.0954. The molecule has 0 aliphatic rings. The highest BCUT2D eigenvalue weighted by Crippen LogP contribution is 2.32. The van der Waals surface area contributed by atoms with Gasteiger partial charge in [0.1, 0.15) is 5.75 Å². The van der Waals surface area contributed by atoms with Crippen LogP contribution in [-0.4, -0.2) is 12.9 Å². The van der Waals surface area contributed by atoms with E-state index in [1.807, 2.05) is 63.2 Å². The third-order valence-electron chi connectivity index (χ3n) is 4.07. The Morgan fingerprint density at radius 3 is 2.33 bits per heavy atom. The van der Waals surface area contributed by atoms with E-state index in [9.17, 15) is 4.79 Å². The molecule has 2 nitrogen and oxygen atoms in total. The van der Waals surface area contributed by atoms with Crippen LogP contribution in [0.1, 0.15) is 46.3 Å². The summed E-state index contributed by atoms with van der Waals surface area (Å²) in [4.78, 5) is 12.9. The van der Waals surface area contributed by atoms with Gasteiger partial charge in [-0.25, -0.2) is 0 Å². The highest BCUT2D eigenvalue weighted by Gasteiger charge is 2.24. The molecular weight excluding hydrogens is 260 g/mol. The van der Waals surface area contributed by atoms with Gasteiger partial charge in [0, 0.05) is 5.92 Å². The van der Waals surface area contributed by atoms with Crippen LogP contribution in [0.2, 0.25) is 0 Å². The molecule has 0 bridgehead atoms. The second-order valence-electron chi connectivity index (χ2n) is 5.32. The molecular formula is C19H22O2. The van der Waals surface area contributed by atoms with E-state index in [0.29, 0.717) is 11.3 Å². The summed E-state index contributed by atoms with van der Waals surface area (Å²) in [6.45, 7) is 6.07. The molecule has 2 aromatic rings. The first-order valence-corrected chi connectivity index (χ1v) is 7.33. The first-order valence-electron chi connectivity index (χ1n) is 7.33. The minimum atomic E-state index is -0.123. The summed E-state index contributed by atoms with van der Waals surface area (Å²) in [5, 5.41) is 0. The summed E-state index contributed by atoms with van der Waals surface area (Å²) >= 11 is 0. The summed E-state index contributed by atoms with van der Waals surface area (Å²) in [6, 6.07) is 13.8. The molecule has 0 spiro atoms. The average molecular weight is 282 g/mol. The van der Waals surface area contributed by atoms with Crippen LogP contribution in [-0.2, 0) is 0 Å². The molecule has 21 heavy (non-hydrogen) atoms. The third-order valence-corrected chi connectivity index (χ3v) is 4.07. The number of aryl methyl sites for hydroxylation is 1. The topological polar surface area (TPSA) is 26.3 Å². The smallest absolute Gasteiger partial charge is 0.174 e. The highest BCUT2D eigenvalue weighted by atomic mass is 16.5. The molecule has 1 unspecified atom stereocenters. The quantitative estimate of drug-likeness (QED) is 0.744. The molecule has 0 aliphatic heterocycles. The summed E-state index contributed by atoms with van der Waals surface area (Å²) in [7, 11) is 1.63. The molecule has 0 radical (unpaired) electrons. The number of rotatable bonds is 5. The molecule has 2 aromatic carbocycles. The fourth-order valence-corrected chi connectivity index (χ4v) is 2.69. The van der Waals surface area contributed by atoms with Crippen molar-refractivity contribution in [2.75, 3.05) is 7.11 Å². The number of benzene rings is 2. The minimum absolute atomic E-state index is 0.123. The van der Waals surface area contributed by atoms with Crippen molar-refractivity contribution >= 4 is 5.78 Å². The predicted molar refractivity (Wildman–Crippen MR) is 86.3 cm³/mol. The van der Waals surface area contributed by atoms with Gasteiger partial charge in [0.15, 0.2) is 5.78 Å². The Kier molecular flexibility index (Phi) is 4.79. The molecule has 110 valence electrons. The van der Waals surface area contributed by atoms with Crippen LogP contribution in [0.25, 0.3) is 0 Å². The number of Topliss-reactive ketones (excluding diaryl/α,β-unsaturated/α-hetero) is 1. The standard InChI is InChI=1S/C19H22O2/c1-5-16(15-9-7-6-8-10-15)18(20)17-12-11-13(2)14(3)19(17)21-4/h6-12,16H,5H2,1-4H3. The predicted octanol–water partition coefficient (Wildman–Crippen LogP) is 4.69. The fourth-order valence-electron chi connectivity index (χ4n) is 2.69. The van der Waals surface area contributed by atoms with Crippen molar-refractivity contribution in [1.29, 1.82) is 0 Å². The molecule has 0 fully saturated rings. The molecule has 0 saturated carbocycles. The number of carbonyl (C=O) groups is 1. The van der Waals surface area contributed by atoms with Crippen LogP contribution in [0, 0.1) is 13.8 Å². The summed E-state index contributed by atoms with van der Waals surface area (Å²) in [5.41, 5.74) is 3.91. The SMILES string of the molecule is CCC(C(=O)c1ccc(C)c(C)c1OC)c1ccccc1. The number of hydrogen-bond acceptors (Lipinski definition) is 2. The number of carbonyl (C=O) groups excluding carboxylic acids is 1. The first-order chi connectivity index (χ1) is 10.1. The van der Waals surface area contributed by atoms with Crippen molar-refractivity contribution in [3.8, 4) is 5.75 Å². The van der Waals surface area contributed by atoms with Gasteiger partial charge in [-0.2, -0.15) is 0 Å². The van der Waals surface area contributed by atoms with Crippen LogP contribution in [0.3, 0.4) is 0 Å². The Balaban J connectivity index is 2.46. The maximum Gasteiger partial charge on any atom is 0.174 e. The molecule has 0 aromatic heterocycles. The van der Waals surface area contributed by atoms with Crippen molar-refractivity contribution in [3.63, 3.8) is 0 Å². The van der Waals surface area contributed by atoms with E-state index in [-0.39, 0.29) is 11.7 Å². The zero-order valence-corrected chi connectivity index (χ0v) is 13.1. The van der Waals surface area contributed by atoms with Gasteiger partial charge < -0.3 is 4.74 Å². The molecule has 0 aliphatic carbocycles. The van der Waals surface area contributed by atoms with Gasteiger partial charge in [-0.1, -0.05) is 43.3 Å². The Morgan fingerprint density at radius 2 is 1.76 bits per heavy atom. The van der Waals surface area contributed by atoms with Gasteiger partial charge in [-0.3, -0.25) is 4.79 Å². The zero-order valence-electron chi connectivity index (χ0n) is 13.1. The molecule has 2 heteroatoms. The number of ether oxygens (including phenoxy) is 1. The Labute approximate surface area is 126 Å². The van der Waals surface area contributed by atoms with E-state index in [0.717, 1.165) is 23.1 Å². The molecule has 0 amide bonds. The van der Waals surface area contributed by atoms with Crippen LogP contribution in [0.4, 0.5) is 0 Å². The Hall–Kier alpha value is -2.09. The van der Waals surface area contributed by atoms with Crippen LogP contribution < -0.4 is 4.74 Å². The zero-order chi connectivity index (χ0) is 15.4. The molecule has 1 atom stereocenters. The lowest BCUT2D eigenvalue weighted by atomic mass is 9.87. The molecule has 2 rings (SSSR count). The lowest BCUT2D eigenvalue weighted by Gasteiger charge is -2.18. The summed E-state index contributed by atoms with van der Waals surface area (Å²) in [5.74, 6) is 0.709. The fraction of sp³-hybridized carbons (Fsp3) is 0.316.